The molecular formula is C12H10ClNO2. The van der Waals surface area contributed by atoms with Gasteiger partial charge < -0.3 is 4.74 Å². The van der Waals surface area contributed by atoms with Crippen molar-refractivity contribution in [2.45, 2.75) is 12.8 Å². The molecule has 0 aliphatic heterocycles. The summed E-state index contributed by atoms with van der Waals surface area (Å²) in [5.74, 6) is 6.08. The lowest BCUT2D eigenvalue weighted by atomic mass is 10.2. The number of aromatic nitrogens is 1. The molecule has 82 valence electrons. The van der Waals surface area contributed by atoms with Crippen LogP contribution in [0.25, 0.3) is 0 Å². The largest absolute Gasteiger partial charge is 0.465 e. The minimum absolute atomic E-state index is 0.142. The maximum Gasteiger partial charge on any atom is 0.341 e. The van der Waals surface area contributed by atoms with E-state index in [1.165, 1.54) is 7.11 Å². The molecule has 1 heterocycles. The van der Waals surface area contributed by atoms with Gasteiger partial charge in [0.25, 0.3) is 0 Å². The van der Waals surface area contributed by atoms with Gasteiger partial charge in [-0.1, -0.05) is 23.4 Å². The number of methoxy groups -OCH3 is 1. The third-order valence-corrected chi connectivity index (χ3v) is 2.54. The van der Waals surface area contributed by atoms with Crippen molar-refractivity contribution in [2.75, 3.05) is 7.11 Å². The molecule has 16 heavy (non-hydrogen) atoms. The van der Waals surface area contributed by atoms with Crippen molar-refractivity contribution in [3.05, 3.63) is 28.5 Å². The third kappa shape index (κ3) is 2.53. The maximum absolute atomic E-state index is 11.3. The highest BCUT2D eigenvalue weighted by atomic mass is 35.5. The molecule has 0 saturated heterocycles. The van der Waals surface area contributed by atoms with Crippen molar-refractivity contribution in [3.8, 4) is 11.8 Å². The second-order valence-corrected chi connectivity index (χ2v) is 3.96. The van der Waals surface area contributed by atoms with Gasteiger partial charge in [0, 0.05) is 17.7 Å². The van der Waals surface area contributed by atoms with Gasteiger partial charge in [-0.15, -0.1) is 0 Å². The third-order valence-electron chi connectivity index (χ3n) is 2.24. The van der Waals surface area contributed by atoms with Gasteiger partial charge in [-0.25, -0.2) is 9.78 Å². The van der Waals surface area contributed by atoms with E-state index in [9.17, 15) is 4.79 Å². The Labute approximate surface area is 98.8 Å². The Bertz CT molecular complexity index is 484. The van der Waals surface area contributed by atoms with Crippen LogP contribution in [0.5, 0.6) is 0 Å². The first kappa shape index (κ1) is 11.0. The Morgan fingerprint density at radius 3 is 3.00 bits per heavy atom. The van der Waals surface area contributed by atoms with Crippen LogP contribution in [0.4, 0.5) is 0 Å². The second-order valence-electron chi connectivity index (χ2n) is 3.60. The van der Waals surface area contributed by atoms with E-state index in [1.54, 1.807) is 12.3 Å². The zero-order chi connectivity index (χ0) is 11.5. The Morgan fingerprint density at radius 2 is 2.38 bits per heavy atom. The average molecular weight is 236 g/mol. The van der Waals surface area contributed by atoms with E-state index < -0.39 is 5.97 Å². The van der Waals surface area contributed by atoms with Crippen molar-refractivity contribution >= 4 is 17.6 Å². The Kier molecular flexibility index (Phi) is 3.12. The summed E-state index contributed by atoms with van der Waals surface area (Å²) in [7, 11) is 1.31. The molecule has 0 radical (unpaired) electrons. The molecule has 1 fully saturated rings. The van der Waals surface area contributed by atoms with Gasteiger partial charge in [0.05, 0.1) is 12.7 Å². The lowest BCUT2D eigenvalue weighted by Gasteiger charge is -2.01. The molecule has 0 bridgehead atoms. The quantitative estimate of drug-likeness (QED) is 0.426. The molecule has 1 saturated carbocycles. The van der Waals surface area contributed by atoms with Crippen LogP contribution in [-0.2, 0) is 4.74 Å². The van der Waals surface area contributed by atoms with Crippen LogP contribution in [0, 0.1) is 17.8 Å². The van der Waals surface area contributed by atoms with E-state index in [0.29, 0.717) is 11.5 Å². The number of halogens is 1. The summed E-state index contributed by atoms with van der Waals surface area (Å²) in [6.07, 6.45) is 3.89. The molecule has 4 heteroatoms. The van der Waals surface area contributed by atoms with Crippen LogP contribution in [-0.4, -0.2) is 18.1 Å². The number of carbonyl (C=O) groups excluding carboxylic acids is 1. The monoisotopic (exact) mass is 235 g/mol. The summed E-state index contributed by atoms with van der Waals surface area (Å²) in [5, 5.41) is 0.142. The molecule has 0 amide bonds. The lowest BCUT2D eigenvalue weighted by molar-refractivity contribution is 0.0600. The molecule has 1 aliphatic carbocycles. The van der Waals surface area contributed by atoms with E-state index in [0.717, 1.165) is 12.8 Å². The lowest BCUT2D eigenvalue weighted by Crippen LogP contribution is -2.03. The van der Waals surface area contributed by atoms with E-state index in [2.05, 4.69) is 21.6 Å². The second kappa shape index (κ2) is 4.54. The molecule has 1 aromatic rings. The molecule has 1 aromatic heterocycles. The normalized spacial score (nSPS) is 13.9. The summed E-state index contributed by atoms with van der Waals surface area (Å²) in [6.45, 7) is 0. The highest BCUT2D eigenvalue weighted by molar-refractivity contribution is 6.32. The van der Waals surface area contributed by atoms with E-state index >= 15 is 0 Å². The minimum atomic E-state index is -0.493. The summed E-state index contributed by atoms with van der Waals surface area (Å²) < 4.78 is 4.60. The Balaban J connectivity index is 2.28. The Hall–Kier alpha value is -1.53. The van der Waals surface area contributed by atoms with E-state index in [-0.39, 0.29) is 10.7 Å². The van der Waals surface area contributed by atoms with Crippen LogP contribution in [0.15, 0.2) is 12.3 Å². The molecule has 0 N–H and O–H groups in total. The van der Waals surface area contributed by atoms with Gasteiger partial charge in [-0.2, -0.15) is 0 Å². The van der Waals surface area contributed by atoms with Crippen LogP contribution in [0.3, 0.4) is 0 Å². The summed E-state index contributed by atoms with van der Waals surface area (Å²) in [4.78, 5) is 15.3. The van der Waals surface area contributed by atoms with Crippen molar-refractivity contribution in [1.82, 2.24) is 4.98 Å². The van der Waals surface area contributed by atoms with Crippen LogP contribution >= 0.6 is 11.6 Å². The summed E-state index contributed by atoms with van der Waals surface area (Å²) in [5.41, 5.74) is 0.948. The number of hydrogen-bond acceptors (Lipinski definition) is 3. The van der Waals surface area contributed by atoms with E-state index in [1.807, 2.05) is 0 Å². The van der Waals surface area contributed by atoms with Gasteiger partial charge in [0.15, 0.2) is 0 Å². The maximum atomic E-state index is 11.3. The molecular weight excluding hydrogens is 226 g/mol. The molecule has 0 aromatic carbocycles. The standard InChI is InChI=1S/C12H10ClNO2/c1-16-12(15)10-6-9(7-14-11(10)13)5-4-8-2-3-8/h6-8H,2-3H2,1H3. The van der Waals surface area contributed by atoms with Crippen molar-refractivity contribution in [1.29, 1.82) is 0 Å². The number of carbonyl (C=O) groups is 1. The summed E-state index contributed by atoms with van der Waals surface area (Å²) in [6, 6.07) is 1.61. The first-order valence-corrected chi connectivity index (χ1v) is 5.34. The van der Waals surface area contributed by atoms with Crippen LogP contribution in [0.1, 0.15) is 28.8 Å². The predicted octanol–water partition coefficient (Wildman–Crippen LogP) is 2.28. The topological polar surface area (TPSA) is 39.2 Å². The summed E-state index contributed by atoms with van der Waals surface area (Å²) >= 11 is 5.78. The molecule has 1 aliphatic rings. The Morgan fingerprint density at radius 1 is 1.62 bits per heavy atom. The molecule has 0 atom stereocenters. The van der Waals surface area contributed by atoms with Gasteiger partial charge in [-0.3, -0.25) is 0 Å². The van der Waals surface area contributed by atoms with E-state index in [4.69, 9.17) is 11.6 Å². The van der Waals surface area contributed by atoms with Crippen molar-refractivity contribution in [2.24, 2.45) is 5.92 Å². The predicted molar refractivity (Wildman–Crippen MR) is 60.2 cm³/mol. The van der Waals surface area contributed by atoms with Crippen LogP contribution in [0.2, 0.25) is 5.15 Å². The fourth-order valence-electron chi connectivity index (χ4n) is 1.18. The van der Waals surface area contributed by atoms with Crippen LogP contribution < -0.4 is 0 Å². The number of esters is 1. The van der Waals surface area contributed by atoms with Crippen molar-refractivity contribution in [3.63, 3.8) is 0 Å². The average Bonchev–Trinajstić information content (AvgIpc) is 3.11. The first-order chi connectivity index (χ1) is 7.70. The molecule has 0 spiro atoms. The SMILES string of the molecule is COC(=O)c1cc(C#CC2CC2)cnc1Cl. The smallest absolute Gasteiger partial charge is 0.341 e. The van der Waals surface area contributed by atoms with Gasteiger partial charge >= 0.3 is 5.97 Å². The molecule has 2 rings (SSSR count). The number of hydrogen-bond donors (Lipinski definition) is 0. The highest BCUT2D eigenvalue weighted by Crippen LogP contribution is 2.27. The minimum Gasteiger partial charge on any atom is -0.465 e. The fraction of sp³-hybridized carbons (Fsp3) is 0.333. The highest BCUT2D eigenvalue weighted by Gasteiger charge is 2.18. The number of nitrogens with zero attached hydrogens (tertiary/aromatic N) is 1. The number of pyridine rings is 1. The van der Waals surface area contributed by atoms with Crippen molar-refractivity contribution < 1.29 is 9.53 Å². The van der Waals surface area contributed by atoms with Gasteiger partial charge in [0.1, 0.15) is 5.15 Å². The number of rotatable bonds is 1. The van der Waals surface area contributed by atoms with Gasteiger partial charge in [-0.05, 0) is 18.9 Å². The molecule has 0 unspecified atom stereocenters. The fourth-order valence-corrected chi connectivity index (χ4v) is 1.36. The number of ether oxygens (including phenoxy) is 1. The zero-order valence-electron chi connectivity index (χ0n) is 8.79. The van der Waals surface area contributed by atoms with Gasteiger partial charge in [0.2, 0.25) is 0 Å². The first-order valence-electron chi connectivity index (χ1n) is 4.96. The molecule has 3 nitrogen and oxygen atoms in total. The zero-order valence-corrected chi connectivity index (χ0v) is 9.54.